The number of phenolic OH excluding ortho intramolecular Hbond substituents is 1. The van der Waals surface area contributed by atoms with Crippen molar-refractivity contribution < 1.29 is 23.1 Å². The number of sulfonamides is 1. The summed E-state index contributed by atoms with van der Waals surface area (Å²) in [6.45, 7) is 0.501. The molecular weight excluding hydrogens is 444 g/mol. The number of rotatable bonds is 6. The monoisotopic (exact) mass is 466 g/mol. The molecular formula is C23H22N4O5S. The molecule has 0 spiro atoms. The molecule has 0 radical (unpaired) electrons. The van der Waals surface area contributed by atoms with Gasteiger partial charge in [0.25, 0.3) is 15.9 Å². The van der Waals surface area contributed by atoms with Crippen LogP contribution in [0.2, 0.25) is 0 Å². The highest BCUT2D eigenvalue weighted by atomic mass is 32.2. The first-order chi connectivity index (χ1) is 15.9. The van der Waals surface area contributed by atoms with E-state index in [2.05, 4.69) is 20.3 Å². The molecule has 1 aliphatic heterocycles. The quantitative estimate of drug-likeness (QED) is 0.339. The fraction of sp³-hybridized carbons (Fsp3) is 0.174. The van der Waals surface area contributed by atoms with Crippen molar-refractivity contribution in [2.75, 3.05) is 18.4 Å². The van der Waals surface area contributed by atoms with Gasteiger partial charge in [0.05, 0.1) is 17.7 Å². The Bertz CT molecular complexity index is 1310. The number of allylic oxidation sites excluding steroid dienone is 2. The number of methoxy groups -OCH3 is 1. The number of aromatic hydroxyl groups is 1. The standard InChI is InChI=1S/C23H22N4O5S/c1-32-16-6-8-17(9-7-16)33(30,31)27-20-14-21(22(28)19-5-3-2-4-18(19)20)25-26-23(29)15-10-12-24-13-11-15/h2-3,6-12,14,24,27-28H,4-5,13H2,1H3. The van der Waals surface area contributed by atoms with Crippen molar-refractivity contribution in [3.63, 3.8) is 0 Å². The van der Waals surface area contributed by atoms with Gasteiger partial charge in [-0.15, -0.1) is 10.2 Å². The van der Waals surface area contributed by atoms with Gasteiger partial charge in [-0.05, 0) is 61.0 Å². The summed E-state index contributed by atoms with van der Waals surface area (Å²) in [5.41, 5.74) is 1.82. The second-order valence-electron chi connectivity index (χ2n) is 7.32. The Morgan fingerprint density at radius 2 is 1.88 bits per heavy atom. The van der Waals surface area contributed by atoms with Gasteiger partial charge in [0.2, 0.25) is 0 Å². The summed E-state index contributed by atoms with van der Waals surface area (Å²) in [5, 5.41) is 21.3. The fourth-order valence-corrected chi connectivity index (χ4v) is 4.59. The molecule has 10 heteroatoms. The molecule has 0 saturated carbocycles. The van der Waals surface area contributed by atoms with Crippen LogP contribution in [0.25, 0.3) is 0 Å². The van der Waals surface area contributed by atoms with Crippen LogP contribution in [0.15, 0.2) is 81.5 Å². The van der Waals surface area contributed by atoms with Gasteiger partial charge in [-0.25, -0.2) is 8.42 Å². The average Bonchev–Trinajstić information content (AvgIpc) is 2.85. The van der Waals surface area contributed by atoms with Crippen LogP contribution in [-0.4, -0.2) is 33.1 Å². The summed E-state index contributed by atoms with van der Waals surface area (Å²) < 4.78 is 33.7. The molecule has 0 unspecified atom stereocenters. The van der Waals surface area contributed by atoms with Crippen molar-refractivity contribution >= 4 is 27.3 Å². The molecule has 0 aromatic heterocycles. The normalized spacial score (nSPS) is 15.0. The molecule has 1 heterocycles. The van der Waals surface area contributed by atoms with E-state index in [-0.39, 0.29) is 22.0 Å². The summed E-state index contributed by atoms with van der Waals surface area (Å²) in [7, 11) is -2.43. The lowest BCUT2D eigenvalue weighted by Crippen LogP contribution is -2.15. The van der Waals surface area contributed by atoms with Gasteiger partial charge in [-0.2, -0.15) is 0 Å². The molecule has 0 bridgehead atoms. The van der Waals surface area contributed by atoms with Crippen molar-refractivity contribution in [3.8, 4) is 11.5 Å². The zero-order valence-corrected chi connectivity index (χ0v) is 18.6. The smallest absolute Gasteiger partial charge is 0.295 e. The van der Waals surface area contributed by atoms with E-state index in [0.717, 1.165) is 0 Å². The van der Waals surface area contributed by atoms with Gasteiger partial charge in [0, 0.05) is 17.7 Å². The zero-order valence-electron chi connectivity index (χ0n) is 17.8. The fourth-order valence-electron chi connectivity index (χ4n) is 3.50. The lowest BCUT2D eigenvalue weighted by atomic mass is 9.93. The minimum atomic E-state index is -3.93. The van der Waals surface area contributed by atoms with E-state index in [0.29, 0.717) is 41.8 Å². The van der Waals surface area contributed by atoms with Crippen LogP contribution in [0.1, 0.15) is 11.1 Å². The van der Waals surface area contributed by atoms with Crippen molar-refractivity contribution in [2.45, 2.75) is 17.7 Å². The molecule has 3 N–H and O–H groups in total. The third-order valence-electron chi connectivity index (χ3n) is 5.24. The number of ether oxygens (including phenoxy) is 1. The zero-order chi connectivity index (χ0) is 23.4. The Morgan fingerprint density at radius 1 is 1.15 bits per heavy atom. The summed E-state index contributed by atoms with van der Waals surface area (Å²) in [5.74, 6) is -0.162. The van der Waals surface area contributed by atoms with Crippen LogP contribution in [0.3, 0.4) is 0 Å². The Kier molecular flexibility index (Phi) is 6.27. The maximum absolute atomic E-state index is 13.0. The lowest BCUT2D eigenvalue weighted by Gasteiger charge is -2.20. The second-order valence-corrected chi connectivity index (χ2v) is 9.00. The number of hydrogen-bond donors (Lipinski definition) is 3. The molecule has 2 aliphatic rings. The van der Waals surface area contributed by atoms with Crippen molar-refractivity contribution in [1.82, 2.24) is 5.32 Å². The number of nitrogens with one attached hydrogen (secondary N) is 2. The van der Waals surface area contributed by atoms with Crippen LogP contribution < -0.4 is 14.8 Å². The van der Waals surface area contributed by atoms with Gasteiger partial charge in [0.1, 0.15) is 17.2 Å². The van der Waals surface area contributed by atoms with Crippen LogP contribution in [-0.2, 0) is 27.7 Å². The molecule has 0 saturated heterocycles. The summed E-state index contributed by atoms with van der Waals surface area (Å²) in [6, 6.07) is 7.37. The third-order valence-corrected chi connectivity index (χ3v) is 6.62. The van der Waals surface area contributed by atoms with E-state index in [9.17, 15) is 18.3 Å². The molecule has 2 aromatic rings. The van der Waals surface area contributed by atoms with Gasteiger partial charge in [0.15, 0.2) is 0 Å². The molecule has 1 amide bonds. The highest BCUT2D eigenvalue weighted by Gasteiger charge is 2.23. The Labute approximate surface area is 191 Å². The highest BCUT2D eigenvalue weighted by molar-refractivity contribution is 7.92. The number of nitrogens with zero attached hydrogens (tertiary/aromatic N) is 2. The molecule has 33 heavy (non-hydrogen) atoms. The SMILES string of the molecule is COc1ccc(S(=O)(=O)Nc2cc(N=NC(=O)C3=CCNC=C3)c(O)c3c2CC=CC3)cc1. The number of phenols is 1. The predicted molar refractivity (Wildman–Crippen MR) is 123 cm³/mol. The maximum atomic E-state index is 13.0. The molecule has 0 fully saturated rings. The van der Waals surface area contributed by atoms with Crippen LogP contribution in [0, 0.1) is 0 Å². The number of azo groups is 1. The Balaban J connectivity index is 1.69. The third kappa shape index (κ3) is 4.80. The molecule has 0 atom stereocenters. The molecule has 1 aliphatic carbocycles. The number of hydrogen-bond acceptors (Lipinski definition) is 7. The maximum Gasteiger partial charge on any atom is 0.295 e. The van der Waals surface area contributed by atoms with E-state index >= 15 is 0 Å². The number of benzene rings is 2. The van der Waals surface area contributed by atoms with E-state index in [1.54, 1.807) is 30.5 Å². The first kappa shape index (κ1) is 22.3. The Hall–Kier alpha value is -3.92. The van der Waals surface area contributed by atoms with Gasteiger partial charge >= 0.3 is 0 Å². The summed E-state index contributed by atoms with van der Waals surface area (Å²) in [4.78, 5) is 12.4. The molecule has 170 valence electrons. The summed E-state index contributed by atoms with van der Waals surface area (Å²) >= 11 is 0. The molecule has 4 rings (SSSR count). The van der Waals surface area contributed by atoms with Gasteiger partial charge < -0.3 is 15.2 Å². The van der Waals surface area contributed by atoms with Crippen molar-refractivity contribution in [1.29, 1.82) is 0 Å². The number of carbonyl (C=O) groups is 1. The molecule has 2 aromatic carbocycles. The first-order valence-corrected chi connectivity index (χ1v) is 11.6. The van der Waals surface area contributed by atoms with Gasteiger partial charge in [-0.3, -0.25) is 9.52 Å². The minimum absolute atomic E-state index is 0.00310. The number of carbonyl (C=O) groups excluding carboxylic acids is 1. The number of anilines is 1. The summed E-state index contributed by atoms with van der Waals surface area (Å²) in [6.07, 6.45) is 9.50. The second kappa shape index (κ2) is 9.29. The van der Waals surface area contributed by atoms with Crippen molar-refractivity contribution in [2.24, 2.45) is 10.2 Å². The molecule has 9 nitrogen and oxygen atoms in total. The first-order valence-electron chi connectivity index (χ1n) is 10.1. The van der Waals surface area contributed by atoms with E-state index in [1.807, 2.05) is 12.2 Å². The lowest BCUT2D eigenvalue weighted by molar-refractivity contribution is -0.114. The van der Waals surface area contributed by atoms with Crippen LogP contribution in [0.4, 0.5) is 11.4 Å². The topological polar surface area (TPSA) is 129 Å². The highest BCUT2D eigenvalue weighted by Crippen LogP contribution is 2.41. The van der Waals surface area contributed by atoms with E-state index in [4.69, 9.17) is 4.74 Å². The number of fused-ring (bicyclic) bond motifs is 1. The minimum Gasteiger partial charge on any atom is -0.505 e. The Morgan fingerprint density at radius 3 is 2.55 bits per heavy atom. The average molecular weight is 467 g/mol. The van der Waals surface area contributed by atoms with Gasteiger partial charge in [-0.1, -0.05) is 18.2 Å². The van der Waals surface area contributed by atoms with E-state index in [1.165, 1.54) is 25.3 Å². The van der Waals surface area contributed by atoms with E-state index < -0.39 is 15.9 Å². The van der Waals surface area contributed by atoms with Crippen LogP contribution >= 0.6 is 0 Å². The predicted octanol–water partition coefficient (Wildman–Crippen LogP) is 3.51. The van der Waals surface area contributed by atoms with Crippen molar-refractivity contribution in [3.05, 3.63) is 77.5 Å². The number of amides is 1. The largest absolute Gasteiger partial charge is 0.505 e. The van der Waals surface area contributed by atoms with Crippen LogP contribution in [0.5, 0.6) is 11.5 Å². The number of dihydropyridines is 1.